The van der Waals surface area contributed by atoms with Crippen molar-refractivity contribution in [1.82, 2.24) is 19.9 Å². The molecule has 1 amide bonds. The molecule has 1 saturated heterocycles. The summed E-state index contributed by atoms with van der Waals surface area (Å²) in [6, 6.07) is 13.1. The molecule has 3 heterocycles. The van der Waals surface area contributed by atoms with Crippen molar-refractivity contribution in [2.75, 3.05) is 19.7 Å². The third-order valence-corrected chi connectivity index (χ3v) is 6.04. The number of nitrogens with one attached hydrogen (secondary N) is 1. The molecule has 1 aromatic carbocycles. The number of rotatable bonds is 7. The Hall–Kier alpha value is -3.48. The molecule has 3 aromatic rings. The lowest BCUT2D eigenvalue weighted by molar-refractivity contribution is -0.132. The highest BCUT2D eigenvalue weighted by atomic mass is 16.5. The fourth-order valence-electron chi connectivity index (χ4n) is 4.24. The number of piperidine rings is 1. The van der Waals surface area contributed by atoms with Gasteiger partial charge in [-0.05, 0) is 56.9 Å². The largest absolute Gasteiger partial charge is 0.493 e. The Bertz CT molecular complexity index is 1150. The van der Waals surface area contributed by atoms with Gasteiger partial charge in [0.2, 0.25) is 5.91 Å². The fraction of sp³-hybridized carbons (Fsp3) is 0.385. The van der Waals surface area contributed by atoms with Crippen LogP contribution in [0.3, 0.4) is 0 Å². The van der Waals surface area contributed by atoms with Gasteiger partial charge in [0.1, 0.15) is 11.6 Å². The van der Waals surface area contributed by atoms with E-state index in [2.05, 4.69) is 27.9 Å². The van der Waals surface area contributed by atoms with Gasteiger partial charge in [-0.1, -0.05) is 23.8 Å². The number of nitrogens with zero attached hydrogens (tertiary/aromatic N) is 3. The average molecular weight is 447 g/mol. The Balaban J connectivity index is 1.27. The molecule has 1 fully saturated rings. The van der Waals surface area contributed by atoms with Crippen LogP contribution < -0.4 is 10.3 Å². The summed E-state index contributed by atoms with van der Waals surface area (Å²) in [5, 5.41) is 0. The number of hydrogen-bond acceptors (Lipinski definition) is 5. The first kappa shape index (κ1) is 22.7. The summed E-state index contributed by atoms with van der Waals surface area (Å²) in [5.41, 5.74) is 3.41. The first-order chi connectivity index (χ1) is 16.0. The van der Waals surface area contributed by atoms with E-state index >= 15 is 0 Å². The molecule has 7 nitrogen and oxygen atoms in total. The van der Waals surface area contributed by atoms with Crippen molar-refractivity contribution in [2.24, 2.45) is 0 Å². The average Bonchev–Trinajstić information content (AvgIpc) is 2.83. The number of pyridine rings is 1. The van der Waals surface area contributed by atoms with Crippen LogP contribution in [0.2, 0.25) is 0 Å². The van der Waals surface area contributed by atoms with Crippen molar-refractivity contribution in [3.8, 4) is 17.1 Å². The molecule has 1 aliphatic rings. The van der Waals surface area contributed by atoms with Gasteiger partial charge in [0.15, 0.2) is 0 Å². The maximum absolute atomic E-state index is 12.6. The smallest absolute Gasteiger partial charge is 0.251 e. The number of carbonyl (C=O) groups is 1. The minimum atomic E-state index is -0.178. The molecule has 7 heteroatoms. The number of amides is 1. The Morgan fingerprint density at radius 3 is 2.67 bits per heavy atom. The van der Waals surface area contributed by atoms with E-state index in [1.165, 1.54) is 11.6 Å². The molecule has 4 rings (SSSR count). The summed E-state index contributed by atoms with van der Waals surface area (Å²) in [6.45, 7) is 5.95. The summed E-state index contributed by atoms with van der Waals surface area (Å²) < 4.78 is 5.85. The molecule has 0 saturated carbocycles. The Morgan fingerprint density at radius 2 is 1.94 bits per heavy atom. The standard InChI is InChI=1S/C26H30N4O3/c1-18-8-9-23(19(2)16-18)33-15-5-7-25(32)30-13-10-20(11-14-30)26-28-22(17-24(31)29-26)21-6-3-4-12-27-21/h3-4,6,8-9,12,16-17,20H,5,7,10-11,13-15H2,1-2H3,(H,28,29,31). The third-order valence-electron chi connectivity index (χ3n) is 6.04. The molecule has 0 unspecified atom stereocenters. The normalized spacial score (nSPS) is 14.3. The zero-order valence-corrected chi connectivity index (χ0v) is 19.2. The van der Waals surface area contributed by atoms with E-state index in [0.29, 0.717) is 49.8 Å². The highest BCUT2D eigenvalue weighted by molar-refractivity contribution is 5.76. The van der Waals surface area contributed by atoms with E-state index in [1.54, 1.807) is 6.20 Å². The van der Waals surface area contributed by atoms with Crippen molar-refractivity contribution in [2.45, 2.75) is 45.4 Å². The van der Waals surface area contributed by atoms with Gasteiger partial charge in [0.25, 0.3) is 5.56 Å². The van der Waals surface area contributed by atoms with Crippen LogP contribution in [0.4, 0.5) is 0 Å². The van der Waals surface area contributed by atoms with E-state index in [1.807, 2.05) is 42.2 Å². The Kier molecular flexibility index (Phi) is 7.17. The van der Waals surface area contributed by atoms with Crippen molar-refractivity contribution in [1.29, 1.82) is 0 Å². The lowest BCUT2D eigenvalue weighted by Crippen LogP contribution is -2.38. The van der Waals surface area contributed by atoms with Crippen LogP contribution in [-0.2, 0) is 4.79 Å². The number of aromatic amines is 1. The number of aryl methyl sites for hydroxylation is 2. The highest BCUT2D eigenvalue weighted by Crippen LogP contribution is 2.26. The predicted molar refractivity (Wildman–Crippen MR) is 127 cm³/mol. The second-order valence-corrected chi connectivity index (χ2v) is 8.61. The maximum atomic E-state index is 12.6. The Labute approximate surface area is 193 Å². The molecule has 172 valence electrons. The molecule has 0 atom stereocenters. The zero-order chi connectivity index (χ0) is 23.2. The predicted octanol–water partition coefficient (Wildman–Crippen LogP) is 4.01. The van der Waals surface area contributed by atoms with Gasteiger partial charge in [0.05, 0.1) is 18.0 Å². The zero-order valence-electron chi connectivity index (χ0n) is 19.2. The van der Waals surface area contributed by atoms with Crippen LogP contribution in [0, 0.1) is 13.8 Å². The summed E-state index contributed by atoms with van der Waals surface area (Å²) >= 11 is 0. The number of likely N-dealkylation sites (tertiary alicyclic amines) is 1. The van der Waals surface area contributed by atoms with Gasteiger partial charge in [-0.25, -0.2) is 4.98 Å². The van der Waals surface area contributed by atoms with Crippen molar-refractivity contribution in [3.63, 3.8) is 0 Å². The van der Waals surface area contributed by atoms with Gasteiger partial charge >= 0.3 is 0 Å². The maximum Gasteiger partial charge on any atom is 0.251 e. The summed E-state index contributed by atoms with van der Waals surface area (Å²) in [7, 11) is 0. The van der Waals surface area contributed by atoms with Gasteiger partial charge in [-0.3, -0.25) is 14.6 Å². The third kappa shape index (κ3) is 5.86. The number of aromatic nitrogens is 3. The summed E-state index contributed by atoms with van der Waals surface area (Å²) in [4.78, 5) is 38.6. The van der Waals surface area contributed by atoms with Crippen LogP contribution in [0.1, 0.15) is 48.6 Å². The first-order valence-electron chi connectivity index (χ1n) is 11.5. The highest BCUT2D eigenvalue weighted by Gasteiger charge is 2.25. The lowest BCUT2D eigenvalue weighted by atomic mass is 9.95. The monoisotopic (exact) mass is 446 g/mol. The SMILES string of the molecule is Cc1ccc(OCCCC(=O)N2CCC(c3nc(-c4ccccn4)cc(=O)[nH]3)CC2)c(C)c1. The Morgan fingerprint density at radius 1 is 1.12 bits per heavy atom. The quantitative estimate of drug-likeness (QED) is 0.554. The topological polar surface area (TPSA) is 88.2 Å². The van der Waals surface area contributed by atoms with Crippen LogP contribution >= 0.6 is 0 Å². The minimum Gasteiger partial charge on any atom is -0.493 e. The lowest BCUT2D eigenvalue weighted by Gasteiger charge is -2.31. The molecule has 0 aliphatic carbocycles. The number of carbonyl (C=O) groups excluding carboxylic acids is 1. The molecular formula is C26H30N4O3. The number of hydrogen-bond donors (Lipinski definition) is 1. The number of benzene rings is 1. The second-order valence-electron chi connectivity index (χ2n) is 8.61. The van der Waals surface area contributed by atoms with Gasteiger partial charge in [-0.15, -0.1) is 0 Å². The van der Waals surface area contributed by atoms with Gasteiger partial charge in [-0.2, -0.15) is 0 Å². The molecule has 2 aromatic heterocycles. The molecule has 0 radical (unpaired) electrons. The summed E-state index contributed by atoms with van der Waals surface area (Å²) in [6.07, 6.45) is 4.40. The van der Waals surface area contributed by atoms with E-state index in [4.69, 9.17) is 4.74 Å². The van der Waals surface area contributed by atoms with Gasteiger partial charge < -0.3 is 14.6 Å². The molecule has 1 N–H and O–H groups in total. The molecular weight excluding hydrogens is 416 g/mol. The summed E-state index contributed by atoms with van der Waals surface area (Å²) in [5.74, 6) is 1.83. The first-order valence-corrected chi connectivity index (χ1v) is 11.5. The van der Waals surface area contributed by atoms with E-state index < -0.39 is 0 Å². The van der Waals surface area contributed by atoms with Crippen molar-refractivity contribution in [3.05, 3.63) is 76.0 Å². The minimum absolute atomic E-state index is 0.123. The second kappa shape index (κ2) is 10.4. The number of H-pyrrole nitrogens is 1. The van der Waals surface area contributed by atoms with Crippen LogP contribution in [0.25, 0.3) is 11.4 Å². The van der Waals surface area contributed by atoms with Crippen LogP contribution in [-0.4, -0.2) is 45.5 Å². The van der Waals surface area contributed by atoms with E-state index in [9.17, 15) is 9.59 Å². The molecule has 0 bridgehead atoms. The van der Waals surface area contributed by atoms with Gasteiger partial charge in [0, 0.05) is 37.7 Å². The van der Waals surface area contributed by atoms with Crippen LogP contribution in [0.5, 0.6) is 5.75 Å². The number of ether oxygens (including phenoxy) is 1. The molecule has 0 spiro atoms. The molecule has 1 aliphatic heterocycles. The fourth-order valence-corrected chi connectivity index (χ4v) is 4.24. The van der Waals surface area contributed by atoms with Crippen LogP contribution in [0.15, 0.2) is 53.5 Å². The van der Waals surface area contributed by atoms with E-state index in [-0.39, 0.29) is 17.4 Å². The van der Waals surface area contributed by atoms with Crippen molar-refractivity contribution < 1.29 is 9.53 Å². The molecule has 33 heavy (non-hydrogen) atoms. The van der Waals surface area contributed by atoms with Crippen molar-refractivity contribution >= 4 is 5.91 Å². The van der Waals surface area contributed by atoms with E-state index in [0.717, 1.165) is 24.2 Å².